The largest absolute Gasteiger partial charge is 0.464 e. The fourth-order valence-electron chi connectivity index (χ4n) is 4.05. The fourth-order valence-corrected chi connectivity index (χ4v) is 4.05. The number of piperidine rings is 1. The van der Waals surface area contributed by atoms with Crippen LogP contribution in [0.4, 0.5) is 0 Å². The summed E-state index contributed by atoms with van der Waals surface area (Å²) in [6.45, 7) is 1.41. The van der Waals surface area contributed by atoms with Gasteiger partial charge in [-0.1, -0.05) is 12.1 Å². The SMILES string of the molecule is CN1C(=O)CCC12CCN(C(=O)c1ccc(-c3ccco3)cc1)CC2. The lowest BCUT2D eigenvalue weighted by atomic mass is 9.85. The molecule has 5 nitrogen and oxygen atoms in total. The predicted octanol–water partition coefficient (Wildman–Crippen LogP) is 3.17. The predicted molar refractivity (Wildman–Crippen MR) is 94.0 cm³/mol. The van der Waals surface area contributed by atoms with Gasteiger partial charge in [0.2, 0.25) is 5.91 Å². The number of hydrogen-bond donors (Lipinski definition) is 0. The van der Waals surface area contributed by atoms with Crippen LogP contribution in [0.2, 0.25) is 0 Å². The molecule has 5 heteroatoms. The molecule has 2 aliphatic heterocycles. The second-order valence-corrected chi connectivity index (χ2v) is 7.02. The molecule has 0 atom stereocenters. The van der Waals surface area contributed by atoms with Crippen LogP contribution in [0.5, 0.6) is 0 Å². The van der Waals surface area contributed by atoms with E-state index in [1.165, 1.54) is 0 Å². The van der Waals surface area contributed by atoms with Gasteiger partial charge in [0, 0.05) is 43.2 Å². The third-order valence-corrected chi connectivity index (χ3v) is 5.81. The van der Waals surface area contributed by atoms with Crippen molar-refractivity contribution in [2.24, 2.45) is 0 Å². The number of furan rings is 1. The van der Waals surface area contributed by atoms with Gasteiger partial charge in [0.15, 0.2) is 0 Å². The first kappa shape index (κ1) is 15.9. The van der Waals surface area contributed by atoms with Crippen molar-refractivity contribution in [2.75, 3.05) is 20.1 Å². The maximum Gasteiger partial charge on any atom is 0.253 e. The van der Waals surface area contributed by atoms with E-state index in [-0.39, 0.29) is 17.4 Å². The molecule has 2 aliphatic rings. The molecule has 0 bridgehead atoms. The van der Waals surface area contributed by atoms with Gasteiger partial charge in [-0.15, -0.1) is 0 Å². The normalized spacial score (nSPS) is 19.6. The zero-order chi connectivity index (χ0) is 17.4. The van der Waals surface area contributed by atoms with Crippen molar-refractivity contribution >= 4 is 11.8 Å². The van der Waals surface area contributed by atoms with Crippen LogP contribution in [0.25, 0.3) is 11.3 Å². The summed E-state index contributed by atoms with van der Waals surface area (Å²) in [6.07, 6.45) is 4.93. The summed E-state index contributed by atoms with van der Waals surface area (Å²) in [5, 5.41) is 0. The molecule has 1 spiro atoms. The van der Waals surface area contributed by atoms with E-state index < -0.39 is 0 Å². The molecule has 1 aromatic heterocycles. The van der Waals surface area contributed by atoms with Gasteiger partial charge in [-0.2, -0.15) is 0 Å². The number of nitrogens with zero attached hydrogens (tertiary/aromatic N) is 2. The Morgan fingerprint density at radius 1 is 1.08 bits per heavy atom. The molecule has 2 amide bonds. The molecule has 1 aromatic carbocycles. The first-order chi connectivity index (χ1) is 12.1. The lowest BCUT2D eigenvalue weighted by molar-refractivity contribution is -0.130. The van der Waals surface area contributed by atoms with E-state index in [0.717, 1.165) is 30.6 Å². The highest BCUT2D eigenvalue weighted by Crippen LogP contribution is 2.38. The Morgan fingerprint density at radius 3 is 2.36 bits per heavy atom. The Kier molecular flexibility index (Phi) is 3.86. The van der Waals surface area contributed by atoms with Gasteiger partial charge in [0.25, 0.3) is 5.91 Å². The average molecular weight is 338 g/mol. The van der Waals surface area contributed by atoms with Crippen molar-refractivity contribution in [3.8, 4) is 11.3 Å². The number of carbonyl (C=O) groups is 2. The van der Waals surface area contributed by atoms with E-state index in [2.05, 4.69) is 0 Å². The minimum Gasteiger partial charge on any atom is -0.464 e. The molecule has 130 valence electrons. The molecule has 0 aliphatic carbocycles. The van der Waals surface area contributed by atoms with Crippen molar-refractivity contribution in [3.63, 3.8) is 0 Å². The number of likely N-dealkylation sites (tertiary alicyclic amines) is 2. The standard InChI is InChI=1S/C20H22N2O3/c1-21-18(23)8-9-20(21)10-12-22(13-11-20)19(24)16-6-4-15(5-7-16)17-3-2-14-25-17/h2-7,14H,8-13H2,1H3. The average Bonchev–Trinajstić information content (AvgIpc) is 3.28. The number of carbonyl (C=O) groups excluding carboxylic acids is 2. The van der Waals surface area contributed by atoms with Gasteiger partial charge in [-0.3, -0.25) is 9.59 Å². The molecular weight excluding hydrogens is 316 g/mol. The minimum absolute atomic E-state index is 0.0307. The molecule has 0 radical (unpaired) electrons. The molecule has 0 unspecified atom stereocenters. The molecule has 0 saturated carbocycles. The third-order valence-electron chi connectivity index (χ3n) is 5.81. The van der Waals surface area contributed by atoms with Crippen LogP contribution in [0.15, 0.2) is 47.1 Å². The highest BCUT2D eigenvalue weighted by molar-refractivity contribution is 5.94. The molecule has 2 fully saturated rings. The second kappa shape index (κ2) is 6.06. The molecule has 2 saturated heterocycles. The van der Waals surface area contributed by atoms with E-state index in [1.54, 1.807) is 6.26 Å². The van der Waals surface area contributed by atoms with Gasteiger partial charge < -0.3 is 14.2 Å². The molecule has 4 rings (SSSR count). The van der Waals surface area contributed by atoms with Crippen LogP contribution in [-0.4, -0.2) is 47.3 Å². The first-order valence-electron chi connectivity index (χ1n) is 8.79. The van der Waals surface area contributed by atoms with Crippen molar-refractivity contribution in [2.45, 2.75) is 31.2 Å². The Balaban J connectivity index is 1.43. The van der Waals surface area contributed by atoms with Crippen LogP contribution < -0.4 is 0 Å². The molecule has 25 heavy (non-hydrogen) atoms. The fraction of sp³-hybridized carbons (Fsp3) is 0.400. The quantitative estimate of drug-likeness (QED) is 0.845. The van der Waals surface area contributed by atoms with Crippen LogP contribution in [0.1, 0.15) is 36.0 Å². The number of rotatable bonds is 2. The smallest absolute Gasteiger partial charge is 0.253 e. The van der Waals surface area contributed by atoms with Crippen molar-refractivity contribution in [1.29, 1.82) is 0 Å². The Hall–Kier alpha value is -2.56. The van der Waals surface area contributed by atoms with Crippen LogP contribution >= 0.6 is 0 Å². The second-order valence-electron chi connectivity index (χ2n) is 7.02. The molecular formula is C20H22N2O3. The van der Waals surface area contributed by atoms with E-state index in [9.17, 15) is 9.59 Å². The minimum atomic E-state index is -0.0307. The lowest BCUT2D eigenvalue weighted by Gasteiger charge is -2.43. The summed E-state index contributed by atoms with van der Waals surface area (Å²) in [6, 6.07) is 11.3. The highest BCUT2D eigenvalue weighted by Gasteiger charge is 2.45. The van der Waals surface area contributed by atoms with Gasteiger partial charge >= 0.3 is 0 Å². The summed E-state index contributed by atoms with van der Waals surface area (Å²) in [4.78, 5) is 28.4. The summed E-state index contributed by atoms with van der Waals surface area (Å²) in [5.41, 5.74) is 1.63. The van der Waals surface area contributed by atoms with E-state index in [0.29, 0.717) is 25.1 Å². The highest BCUT2D eigenvalue weighted by atomic mass is 16.3. The third kappa shape index (κ3) is 2.73. The van der Waals surface area contributed by atoms with E-state index in [1.807, 2.05) is 53.2 Å². The maximum atomic E-state index is 12.8. The van der Waals surface area contributed by atoms with Crippen LogP contribution in [0, 0.1) is 0 Å². The first-order valence-corrected chi connectivity index (χ1v) is 8.79. The summed E-state index contributed by atoms with van der Waals surface area (Å²) in [7, 11) is 1.90. The van der Waals surface area contributed by atoms with Gasteiger partial charge in [-0.05, 0) is 43.5 Å². The Labute approximate surface area is 147 Å². The Bertz CT molecular complexity index is 772. The van der Waals surface area contributed by atoms with Crippen molar-refractivity contribution in [3.05, 3.63) is 48.2 Å². The monoisotopic (exact) mass is 338 g/mol. The summed E-state index contributed by atoms with van der Waals surface area (Å²) < 4.78 is 5.38. The van der Waals surface area contributed by atoms with Gasteiger partial charge in [0.05, 0.1) is 6.26 Å². The zero-order valence-electron chi connectivity index (χ0n) is 14.4. The van der Waals surface area contributed by atoms with Gasteiger partial charge in [-0.25, -0.2) is 0 Å². The maximum absolute atomic E-state index is 12.8. The summed E-state index contributed by atoms with van der Waals surface area (Å²) >= 11 is 0. The topological polar surface area (TPSA) is 53.8 Å². The molecule has 3 heterocycles. The van der Waals surface area contributed by atoms with E-state index >= 15 is 0 Å². The van der Waals surface area contributed by atoms with Gasteiger partial charge in [0.1, 0.15) is 5.76 Å². The lowest BCUT2D eigenvalue weighted by Crippen LogP contribution is -2.52. The number of benzene rings is 1. The van der Waals surface area contributed by atoms with Crippen LogP contribution in [-0.2, 0) is 4.79 Å². The van der Waals surface area contributed by atoms with Crippen molar-refractivity contribution < 1.29 is 14.0 Å². The number of amides is 2. The van der Waals surface area contributed by atoms with E-state index in [4.69, 9.17) is 4.42 Å². The zero-order valence-corrected chi connectivity index (χ0v) is 14.4. The van der Waals surface area contributed by atoms with Crippen molar-refractivity contribution in [1.82, 2.24) is 9.80 Å². The number of hydrogen-bond acceptors (Lipinski definition) is 3. The Morgan fingerprint density at radius 2 is 1.80 bits per heavy atom. The molecule has 2 aromatic rings. The molecule has 0 N–H and O–H groups in total. The summed E-state index contributed by atoms with van der Waals surface area (Å²) in [5.74, 6) is 1.09. The van der Waals surface area contributed by atoms with Crippen LogP contribution in [0.3, 0.4) is 0 Å².